The molecule has 3 rings (SSSR count). The Morgan fingerprint density at radius 1 is 1.15 bits per heavy atom. The summed E-state index contributed by atoms with van der Waals surface area (Å²) in [5.74, 6) is 0.794. The van der Waals surface area contributed by atoms with Crippen molar-refractivity contribution in [1.82, 2.24) is 4.72 Å². The van der Waals surface area contributed by atoms with Gasteiger partial charge in [-0.15, -0.1) is 0 Å². The molecule has 0 saturated carbocycles. The van der Waals surface area contributed by atoms with Gasteiger partial charge in [0, 0.05) is 24.2 Å². The highest BCUT2D eigenvalue weighted by Gasteiger charge is 2.19. The number of nitrogens with two attached hydrogens (primary N) is 1. The van der Waals surface area contributed by atoms with E-state index in [9.17, 15) is 13.2 Å². The van der Waals surface area contributed by atoms with Crippen LogP contribution in [-0.4, -0.2) is 27.7 Å². The van der Waals surface area contributed by atoms with Gasteiger partial charge >= 0.3 is 0 Å². The van der Waals surface area contributed by atoms with Gasteiger partial charge in [-0.2, -0.15) is 0 Å². The van der Waals surface area contributed by atoms with Crippen LogP contribution in [0.1, 0.15) is 24.2 Å². The van der Waals surface area contributed by atoms with Gasteiger partial charge in [0.1, 0.15) is 0 Å². The average molecular weight is 391 g/mol. The van der Waals surface area contributed by atoms with Crippen LogP contribution in [0.25, 0.3) is 0 Å². The molecular weight excluding hydrogens is 370 g/mol. The summed E-state index contributed by atoms with van der Waals surface area (Å²) in [4.78, 5) is 12.5. The summed E-state index contributed by atoms with van der Waals surface area (Å²) in [5.41, 5.74) is 6.95. The topological polar surface area (TPSA) is 120 Å². The minimum atomic E-state index is -3.60. The number of rotatable bonds is 6. The van der Waals surface area contributed by atoms with Gasteiger partial charge in [-0.1, -0.05) is 13.8 Å². The Hall–Kier alpha value is -2.78. The molecule has 1 heterocycles. The molecule has 0 fully saturated rings. The van der Waals surface area contributed by atoms with E-state index in [1.54, 1.807) is 12.1 Å². The van der Waals surface area contributed by atoms with Crippen molar-refractivity contribution in [3.05, 3.63) is 42.0 Å². The van der Waals surface area contributed by atoms with Crippen molar-refractivity contribution in [2.75, 3.05) is 24.4 Å². The van der Waals surface area contributed by atoms with Crippen LogP contribution >= 0.6 is 0 Å². The molecule has 2 aromatic rings. The number of fused-ring (bicyclic) bond motifs is 1. The normalized spacial score (nSPS) is 13.0. The van der Waals surface area contributed by atoms with Crippen molar-refractivity contribution in [3.8, 4) is 11.5 Å². The number of amides is 1. The summed E-state index contributed by atoms with van der Waals surface area (Å²) in [6, 6.07) is 8.84. The molecule has 0 aromatic heterocycles. The van der Waals surface area contributed by atoms with Crippen LogP contribution in [0.15, 0.2) is 41.3 Å². The Labute approximate surface area is 157 Å². The van der Waals surface area contributed by atoms with Gasteiger partial charge in [0.05, 0.1) is 16.3 Å². The Morgan fingerprint density at radius 3 is 2.41 bits per heavy atom. The largest absolute Gasteiger partial charge is 0.454 e. The van der Waals surface area contributed by atoms with Crippen molar-refractivity contribution in [2.45, 2.75) is 18.7 Å². The van der Waals surface area contributed by atoms with E-state index in [1.165, 1.54) is 24.3 Å². The quantitative estimate of drug-likeness (QED) is 0.649. The van der Waals surface area contributed by atoms with E-state index in [2.05, 4.69) is 10.0 Å². The second kappa shape index (κ2) is 7.45. The molecule has 1 aliphatic heterocycles. The van der Waals surface area contributed by atoms with Crippen LogP contribution < -0.4 is 25.2 Å². The van der Waals surface area contributed by atoms with E-state index < -0.39 is 15.9 Å². The Kier molecular flexibility index (Phi) is 5.24. The molecule has 0 spiro atoms. The third kappa shape index (κ3) is 4.32. The molecule has 0 saturated heterocycles. The number of hydrogen-bond acceptors (Lipinski definition) is 6. The number of carbonyl (C=O) groups excluding carboxylic acids is 1. The van der Waals surface area contributed by atoms with E-state index in [0.29, 0.717) is 35.0 Å². The molecule has 1 amide bonds. The summed E-state index contributed by atoms with van der Waals surface area (Å²) in [6.07, 6.45) is 0. The standard InChI is InChI=1S/C18H21N3O5S/c1-11(2)9-20-27(23,24)13-5-3-12(4-6-13)18(22)21-15-8-17-16(7-14(15)19)25-10-26-17/h3-8,11,20H,9-10,19H2,1-2H3,(H,21,22). The number of nitrogens with one attached hydrogen (secondary N) is 2. The summed E-state index contributed by atoms with van der Waals surface area (Å²) in [5, 5.41) is 2.69. The Balaban J connectivity index is 1.73. The lowest BCUT2D eigenvalue weighted by atomic mass is 10.2. The average Bonchev–Trinajstić information content (AvgIpc) is 3.07. The SMILES string of the molecule is CC(C)CNS(=O)(=O)c1ccc(C(=O)Nc2cc3c(cc2N)OCO3)cc1. The number of nitrogen functional groups attached to an aromatic ring is 1. The zero-order valence-corrected chi connectivity index (χ0v) is 15.8. The van der Waals surface area contributed by atoms with E-state index >= 15 is 0 Å². The van der Waals surface area contributed by atoms with E-state index in [4.69, 9.17) is 15.2 Å². The molecule has 0 radical (unpaired) electrons. The van der Waals surface area contributed by atoms with Crippen LogP contribution in [0.5, 0.6) is 11.5 Å². The summed E-state index contributed by atoms with van der Waals surface area (Å²) in [7, 11) is -3.60. The molecule has 0 bridgehead atoms. The fourth-order valence-electron chi connectivity index (χ4n) is 2.41. The first-order valence-electron chi connectivity index (χ1n) is 8.36. The molecule has 4 N–H and O–H groups in total. The zero-order valence-electron chi connectivity index (χ0n) is 15.0. The highest BCUT2D eigenvalue weighted by atomic mass is 32.2. The maximum Gasteiger partial charge on any atom is 0.255 e. The predicted octanol–water partition coefficient (Wildman–Crippen LogP) is 2.18. The van der Waals surface area contributed by atoms with Crippen LogP contribution in [0.4, 0.5) is 11.4 Å². The number of benzene rings is 2. The van der Waals surface area contributed by atoms with E-state index in [1.807, 2.05) is 13.8 Å². The highest BCUT2D eigenvalue weighted by molar-refractivity contribution is 7.89. The second-order valence-corrected chi connectivity index (χ2v) is 8.28. The number of ether oxygens (including phenoxy) is 2. The van der Waals surface area contributed by atoms with Crippen molar-refractivity contribution in [1.29, 1.82) is 0 Å². The van der Waals surface area contributed by atoms with E-state index in [0.717, 1.165) is 0 Å². The number of carbonyl (C=O) groups is 1. The van der Waals surface area contributed by atoms with E-state index in [-0.39, 0.29) is 17.6 Å². The number of sulfonamides is 1. The van der Waals surface area contributed by atoms with Gasteiger partial charge in [-0.3, -0.25) is 4.79 Å². The monoisotopic (exact) mass is 391 g/mol. The van der Waals surface area contributed by atoms with Gasteiger partial charge < -0.3 is 20.5 Å². The summed E-state index contributed by atoms with van der Waals surface area (Å²) < 4.78 is 37.4. The molecule has 0 atom stereocenters. The Bertz CT molecular complexity index is 956. The predicted molar refractivity (Wildman–Crippen MR) is 101 cm³/mol. The van der Waals surface area contributed by atoms with Crippen molar-refractivity contribution < 1.29 is 22.7 Å². The lowest BCUT2D eigenvalue weighted by Crippen LogP contribution is -2.27. The fraction of sp³-hybridized carbons (Fsp3) is 0.278. The van der Waals surface area contributed by atoms with Gasteiger partial charge in [0.15, 0.2) is 11.5 Å². The molecule has 27 heavy (non-hydrogen) atoms. The van der Waals surface area contributed by atoms with Gasteiger partial charge in [-0.25, -0.2) is 13.1 Å². The third-order valence-corrected chi connectivity index (χ3v) is 5.34. The second-order valence-electron chi connectivity index (χ2n) is 6.52. The number of hydrogen-bond donors (Lipinski definition) is 3. The minimum Gasteiger partial charge on any atom is -0.454 e. The number of anilines is 2. The lowest BCUT2D eigenvalue weighted by Gasteiger charge is -2.11. The molecule has 2 aromatic carbocycles. The summed E-state index contributed by atoms with van der Waals surface area (Å²) >= 11 is 0. The molecule has 0 aliphatic carbocycles. The highest BCUT2D eigenvalue weighted by Crippen LogP contribution is 2.38. The summed E-state index contributed by atoms with van der Waals surface area (Å²) in [6.45, 7) is 4.27. The smallest absolute Gasteiger partial charge is 0.255 e. The maximum absolute atomic E-state index is 12.4. The van der Waals surface area contributed by atoms with Crippen LogP contribution in [0.2, 0.25) is 0 Å². The van der Waals surface area contributed by atoms with Crippen LogP contribution in [-0.2, 0) is 10.0 Å². The third-order valence-electron chi connectivity index (χ3n) is 3.90. The van der Waals surface area contributed by atoms with Crippen LogP contribution in [0.3, 0.4) is 0 Å². The van der Waals surface area contributed by atoms with Gasteiger partial charge in [-0.05, 0) is 30.2 Å². The molecule has 144 valence electrons. The zero-order chi connectivity index (χ0) is 19.6. The first kappa shape index (κ1) is 19.0. The fourth-order valence-corrected chi connectivity index (χ4v) is 3.62. The lowest BCUT2D eigenvalue weighted by molar-refractivity contribution is 0.102. The Morgan fingerprint density at radius 2 is 1.78 bits per heavy atom. The first-order chi connectivity index (χ1) is 12.8. The molecule has 0 unspecified atom stereocenters. The van der Waals surface area contributed by atoms with Crippen molar-refractivity contribution >= 4 is 27.3 Å². The molecule has 9 heteroatoms. The molecule has 1 aliphatic rings. The van der Waals surface area contributed by atoms with Gasteiger partial charge in [0.2, 0.25) is 16.8 Å². The first-order valence-corrected chi connectivity index (χ1v) is 9.85. The molecule has 8 nitrogen and oxygen atoms in total. The van der Waals surface area contributed by atoms with Crippen molar-refractivity contribution in [3.63, 3.8) is 0 Å². The molecular formula is C18H21N3O5S. The van der Waals surface area contributed by atoms with Crippen molar-refractivity contribution in [2.24, 2.45) is 5.92 Å². The van der Waals surface area contributed by atoms with Crippen LogP contribution in [0, 0.1) is 5.92 Å². The minimum absolute atomic E-state index is 0.0993. The maximum atomic E-state index is 12.4. The van der Waals surface area contributed by atoms with Gasteiger partial charge in [0.25, 0.3) is 5.91 Å².